The number of pyridine rings is 1. The van der Waals surface area contributed by atoms with Gasteiger partial charge in [0.1, 0.15) is 0 Å². The van der Waals surface area contributed by atoms with Gasteiger partial charge >= 0.3 is 0 Å². The molecule has 0 aliphatic heterocycles. The zero-order valence-corrected chi connectivity index (χ0v) is 10.9. The van der Waals surface area contributed by atoms with Crippen LogP contribution in [0.4, 0.5) is 5.69 Å². The van der Waals surface area contributed by atoms with Crippen LogP contribution in [0.5, 0.6) is 0 Å². The van der Waals surface area contributed by atoms with Gasteiger partial charge in [0.05, 0.1) is 23.4 Å². The Labute approximate surface area is 111 Å². The average Bonchev–Trinajstić information content (AvgIpc) is 2.39. The predicted molar refractivity (Wildman–Crippen MR) is 73.9 cm³/mol. The third kappa shape index (κ3) is 3.00. The van der Waals surface area contributed by atoms with E-state index in [0.29, 0.717) is 5.02 Å². The van der Waals surface area contributed by atoms with Crippen molar-refractivity contribution in [2.75, 3.05) is 11.9 Å². The van der Waals surface area contributed by atoms with Crippen LogP contribution in [0.25, 0.3) is 0 Å². The number of aromatic nitrogens is 1. The number of rotatable bonds is 4. The lowest BCUT2D eigenvalue weighted by molar-refractivity contribution is 0.276. The van der Waals surface area contributed by atoms with Crippen molar-refractivity contribution in [2.45, 2.75) is 13.0 Å². The van der Waals surface area contributed by atoms with Gasteiger partial charge in [-0.1, -0.05) is 29.8 Å². The van der Waals surface area contributed by atoms with Crippen molar-refractivity contribution >= 4 is 17.3 Å². The van der Waals surface area contributed by atoms with Crippen molar-refractivity contribution in [3.05, 3.63) is 58.9 Å². The van der Waals surface area contributed by atoms with Crippen molar-refractivity contribution in [1.82, 2.24) is 4.98 Å². The first-order valence-electron chi connectivity index (χ1n) is 5.75. The predicted octanol–water partition coefficient (Wildman–Crippen LogP) is 3.19. The Bertz CT molecular complexity index is 513. The smallest absolute Gasteiger partial charge is 0.0760 e. The summed E-state index contributed by atoms with van der Waals surface area (Å²) < 4.78 is 0. The van der Waals surface area contributed by atoms with Gasteiger partial charge < -0.3 is 10.4 Å². The summed E-state index contributed by atoms with van der Waals surface area (Å²) in [6.07, 6.45) is 1.76. The maximum absolute atomic E-state index is 9.47. The molecule has 0 saturated heterocycles. The van der Waals surface area contributed by atoms with E-state index < -0.39 is 0 Å². The van der Waals surface area contributed by atoms with Crippen LogP contribution in [0.2, 0.25) is 5.02 Å². The van der Waals surface area contributed by atoms with Crippen LogP contribution < -0.4 is 5.32 Å². The number of aliphatic hydroxyl groups excluding tert-OH is 1. The molecule has 3 nitrogen and oxygen atoms in total. The van der Waals surface area contributed by atoms with Crippen LogP contribution in [0.3, 0.4) is 0 Å². The van der Waals surface area contributed by atoms with Crippen LogP contribution in [0, 0.1) is 6.92 Å². The van der Waals surface area contributed by atoms with E-state index in [-0.39, 0.29) is 12.6 Å². The highest BCUT2D eigenvalue weighted by Gasteiger charge is 2.11. The van der Waals surface area contributed by atoms with Crippen LogP contribution in [0.1, 0.15) is 17.3 Å². The minimum absolute atomic E-state index is 0.0179. The van der Waals surface area contributed by atoms with Crippen molar-refractivity contribution < 1.29 is 5.11 Å². The number of hydrogen-bond donors (Lipinski definition) is 2. The molecule has 0 fully saturated rings. The molecule has 2 N–H and O–H groups in total. The Morgan fingerprint density at radius 1 is 1.28 bits per heavy atom. The van der Waals surface area contributed by atoms with Crippen LogP contribution in [0.15, 0.2) is 42.6 Å². The summed E-state index contributed by atoms with van der Waals surface area (Å²) in [4.78, 5) is 4.23. The molecule has 18 heavy (non-hydrogen) atoms. The molecular formula is C14H15ClN2O. The summed E-state index contributed by atoms with van der Waals surface area (Å²) in [6, 6.07) is 11.1. The SMILES string of the molecule is Cc1ccc(C(CO)Nc2ccccc2Cl)cn1. The number of nitrogens with zero attached hydrogens (tertiary/aromatic N) is 1. The number of nitrogens with one attached hydrogen (secondary N) is 1. The molecule has 0 bridgehead atoms. The van der Waals surface area contributed by atoms with Crippen LogP contribution in [-0.2, 0) is 0 Å². The highest BCUT2D eigenvalue weighted by molar-refractivity contribution is 6.33. The zero-order valence-electron chi connectivity index (χ0n) is 10.1. The lowest BCUT2D eigenvalue weighted by Gasteiger charge is -2.18. The van der Waals surface area contributed by atoms with Gasteiger partial charge in [-0.3, -0.25) is 4.98 Å². The van der Waals surface area contributed by atoms with Gasteiger partial charge in [-0.15, -0.1) is 0 Å². The molecule has 94 valence electrons. The molecule has 2 rings (SSSR count). The highest BCUT2D eigenvalue weighted by atomic mass is 35.5. The van der Waals surface area contributed by atoms with E-state index in [1.165, 1.54) is 0 Å². The van der Waals surface area contributed by atoms with Crippen LogP contribution >= 0.6 is 11.6 Å². The lowest BCUT2D eigenvalue weighted by Crippen LogP contribution is -2.15. The Kier molecular flexibility index (Phi) is 4.18. The summed E-state index contributed by atoms with van der Waals surface area (Å²) >= 11 is 6.08. The number of hydrogen-bond acceptors (Lipinski definition) is 3. The molecular weight excluding hydrogens is 248 g/mol. The second kappa shape index (κ2) is 5.85. The van der Waals surface area contributed by atoms with E-state index in [0.717, 1.165) is 16.9 Å². The summed E-state index contributed by atoms with van der Waals surface area (Å²) in [5, 5.41) is 13.3. The Morgan fingerprint density at radius 3 is 2.67 bits per heavy atom. The molecule has 0 aliphatic rings. The summed E-state index contributed by atoms with van der Waals surface area (Å²) in [7, 11) is 0. The molecule has 0 amide bonds. The Morgan fingerprint density at radius 2 is 2.06 bits per heavy atom. The average molecular weight is 263 g/mol. The van der Waals surface area contributed by atoms with E-state index in [4.69, 9.17) is 11.6 Å². The van der Waals surface area contributed by atoms with Crippen molar-refractivity contribution in [1.29, 1.82) is 0 Å². The van der Waals surface area contributed by atoms with Gasteiger partial charge in [0.2, 0.25) is 0 Å². The minimum atomic E-state index is -0.210. The van der Waals surface area contributed by atoms with Gasteiger partial charge in [-0.2, -0.15) is 0 Å². The van der Waals surface area contributed by atoms with E-state index >= 15 is 0 Å². The first-order chi connectivity index (χ1) is 8.70. The molecule has 4 heteroatoms. The summed E-state index contributed by atoms with van der Waals surface area (Å²) in [5.74, 6) is 0. The molecule has 1 aromatic carbocycles. The highest BCUT2D eigenvalue weighted by Crippen LogP contribution is 2.25. The molecule has 1 unspecified atom stereocenters. The third-order valence-corrected chi connectivity index (χ3v) is 3.05. The van der Waals surface area contributed by atoms with E-state index in [9.17, 15) is 5.11 Å². The molecule has 1 aromatic heterocycles. The number of benzene rings is 1. The molecule has 0 saturated carbocycles. The number of para-hydroxylation sites is 1. The Hall–Kier alpha value is -1.58. The molecule has 2 aromatic rings. The van der Waals surface area contributed by atoms with Crippen LogP contribution in [-0.4, -0.2) is 16.7 Å². The monoisotopic (exact) mass is 262 g/mol. The zero-order chi connectivity index (χ0) is 13.0. The van der Waals surface area contributed by atoms with Gasteiger partial charge in [-0.05, 0) is 30.7 Å². The fourth-order valence-corrected chi connectivity index (χ4v) is 1.88. The number of halogens is 1. The largest absolute Gasteiger partial charge is 0.394 e. The standard InChI is InChI=1S/C14H15ClN2O/c1-10-6-7-11(8-16-10)14(9-18)17-13-5-3-2-4-12(13)15/h2-8,14,17-18H,9H2,1H3. The fraction of sp³-hybridized carbons (Fsp3) is 0.214. The molecule has 0 spiro atoms. The maximum Gasteiger partial charge on any atom is 0.0760 e. The van der Waals surface area contributed by atoms with E-state index in [2.05, 4.69) is 10.3 Å². The second-order valence-corrected chi connectivity index (χ2v) is 4.50. The van der Waals surface area contributed by atoms with Crippen molar-refractivity contribution in [3.63, 3.8) is 0 Å². The topological polar surface area (TPSA) is 45.1 Å². The van der Waals surface area contributed by atoms with Gasteiger partial charge in [0.25, 0.3) is 0 Å². The van der Waals surface area contributed by atoms with Gasteiger partial charge in [0.15, 0.2) is 0 Å². The number of anilines is 1. The number of aryl methyl sites for hydroxylation is 1. The van der Waals surface area contributed by atoms with E-state index in [1.807, 2.05) is 43.3 Å². The first-order valence-corrected chi connectivity index (χ1v) is 6.13. The van der Waals surface area contributed by atoms with Crippen molar-refractivity contribution in [3.8, 4) is 0 Å². The quantitative estimate of drug-likeness (QED) is 0.890. The number of aliphatic hydroxyl groups is 1. The molecule has 0 radical (unpaired) electrons. The molecule has 1 heterocycles. The maximum atomic E-state index is 9.47. The lowest BCUT2D eigenvalue weighted by atomic mass is 10.1. The molecule has 0 aliphatic carbocycles. The van der Waals surface area contributed by atoms with Gasteiger partial charge in [0, 0.05) is 11.9 Å². The second-order valence-electron chi connectivity index (χ2n) is 4.09. The molecule has 1 atom stereocenters. The normalized spacial score (nSPS) is 12.2. The van der Waals surface area contributed by atoms with Gasteiger partial charge in [-0.25, -0.2) is 0 Å². The minimum Gasteiger partial charge on any atom is -0.394 e. The Balaban J connectivity index is 2.20. The van der Waals surface area contributed by atoms with E-state index in [1.54, 1.807) is 6.20 Å². The summed E-state index contributed by atoms with van der Waals surface area (Å²) in [5.41, 5.74) is 2.69. The summed E-state index contributed by atoms with van der Waals surface area (Å²) in [6.45, 7) is 1.91. The first kappa shape index (κ1) is 12.9. The fourth-order valence-electron chi connectivity index (χ4n) is 1.69. The van der Waals surface area contributed by atoms with Crippen molar-refractivity contribution in [2.24, 2.45) is 0 Å². The third-order valence-electron chi connectivity index (χ3n) is 2.72.